The lowest BCUT2D eigenvalue weighted by atomic mass is 10.1. The normalized spacial score (nSPS) is 11.3. The summed E-state index contributed by atoms with van der Waals surface area (Å²) in [5.41, 5.74) is 2.59. The second-order valence-corrected chi connectivity index (χ2v) is 6.82. The van der Waals surface area contributed by atoms with E-state index in [9.17, 15) is 9.59 Å². The first kappa shape index (κ1) is 17.2. The maximum atomic E-state index is 13.1. The molecule has 0 saturated heterocycles. The molecule has 27 heavy (non-hydrogen) atoms. The van der Waals surface area contributed by atoms with Crippen LogP contribution in [0.15, 0.2) is 64.2 Å². The summed E-state index contributed by atoms with van der Waals surface area (Å²) < 4.78 is 3.16. The Morgan fingerprint density at radius 3 is 2.59 bits per heavy atom. The number of unbranched alkanes of at least 4 members (excludes halogenated alkanes) is 1. The van der Waals surface area contributed by atoms with Gasteiger partial charge in [0.05, 0.1) is 11.1 Å². The molecular formula is C22H21N3O2. The van der Waals surface area contributed by atoms with E-state index in [0.29, 0.717) is 17.9 Å². The number of aromatic nitrogens is 3. The van der Waals surface area contributed by atoms with Crippen molar-refractivity contribution in [1.82, 2.24) is 14.1 Å². The van der Waals surface area contributed by atoms with E-state index in [0.717, 1.165) is 35.0 Å². The van der Waals surface area contributed by atoms with Crippen molar-refractivity contribution in [3.8, 4) is 17.1 Å². The summed E-state index contributed by atoms with van der Waals surface area (Å²) in [7, 11) is 0. The van der Waals surface area contributed by atoms with Gasteiger partial charge in [0.1, 0.15) is 0 Å². The smallest absolute Gasteiger partial charge is 0.294 e. The van der Waals surface area contributed by atoms with Crippen LogP contribution in [0.2, 0.25) is 0 Å². The Morgan fingerprint density at radius 1 is 1.00 bits per heavy atom. The van der Waals surface area contributed by atoms with Crippen LogP contribution in [-0.2, 0) is 6.54 Å². The predicted octanol–water partition coefficient (Wildman–Crippen LogP) is 3.76. The van der Waals surface area contributed by atoms with Crippen molar-refractivity contribution in [3.05, 3.63) is 81.0 Å². The molecule has 0 N–H and O–H groups in total. The van der Waals surface area contributed by atoms with Gasteiger partial charge in [0.25, 0.3) is 5.56 Å². The van der Waals surface area contributed by atoms with Crippen LogP contribution >= 0.6 is 0 Å². The van der Waals surface area contributed by atoms with Crippen molar-refractivity contribution in [3.63, 3.8) is 0 Å². The Balaban J connectivity index is 2.14. The lowest BCUT2D eigenvalue weighted by Gasteiger charge is -2.19. The van der Waals surface area contributed by atoms with Crippen molar-refractivity contribution in [2.24, 2.45) is 0 Å². The van der Waals surface area contributed by atoms with Crippen LogP contribution in [0, 0.1) is 6.92 Å². The molecule has 2 aliphatic rings. The van der Waals surface area contributed by atoms with Crippen LogP contribution in [0.5, 0.6) is 0 Å². The average molecular weight is 359 g/mol. The number of fused-ring (bicyclic) bond motifs is 2. The van der Waals surface area contributed by atoms with E-state index in [-0.39, 0.29) is 5.56 Å². The molecule has 0 aliphatic carbocycles. The molecule has 0 saturated carbocycles. The molecule has 0 aromatic heterocycles. The highest BCUT2D eigenvalue weighted by molar-refractivity contribution is 5.87. The number of hydrogen-bond donors (Lipinski definition) is 0. The molecule has 136 valence electrons. The molecule has 0 amide bonds. The fraction of sp³-hybridized carbons (Fsp3) is 0.227. The molecule has 2 aromatic rings. The maximum absolute atomic E-state index is 13.1. The van der Waals surface area contributed by atoms with Crippen molar-refractivity contribution in [2.45, 2.75) is 33.2 Å². The highest BCUT2D eigenvalue weighted by atomic mass is 16.2. The largest absolute Gasteiger partial charge is 0.352 e. The van der Waals surface area contributed by atoms with E-state index in [2.05, 4.69) is 4.98 Å². The minimum Gasteiger partial charge on any atom is -0.294 e. The first-order chi connectivity index (χ1) is 13.1. The quantitative estimate of drug-likeness (QED) is 0.521. The molecule has 5 heteroatoms. The summed E-state index contributed by atoms with van der Waals surface area (Å²) in [6.45, 7) is 4.44. The van der Waals surface area contributed by atoms with Crippen LogP contribution in [0.3, 0.4) is 0 Å². The summed E-state index contributed by atoms with van der Waals surface area (Å²) in [4.78, 5) is 30.0. The third-order valence-electron chi connectivity index (χ3n) is 4.83. The summed E-state index contributed by atoms with van der Waals surface area (Å²) >= 11 is 0. The molecule has 0 bridgehead atoms. The molecule has 0 radical (unpaired) electrons. The fourth-order valence-corrected chi connectivity index (χ4v) is 3.46. The molecule has 2 aliphatic heterocycles. The number of hydrogen-bond acceptors (Lipinski definition) is 3. The summed E-state index contributed by atoms with van der Waals surface area (Å²) in [5, 5.41) is 0.936. The summed E-state index contributed by atoms with van der Waals surface area (Å²) in [6.07, 6.45) is 1.68. The van der Waals surface area contributed by atoms with Gasteiger partial charge in [0.2, 0.25) is 0 Å². The number of para-hydroxylation sites is 1. The van der Waals surface area contributed by atoms with Crippen LogP contribution in [0.25, 0.3) is 28.0 Å². The third-order valence-corrected chi connectivity index (χ3v) is 4.83. The summed E-state index contributed by atoms with van der Waals surface area (Å²) in [5.74, 6) is 0.405. The van der Waals surface area contributed by atoms with E-state index in [1.807, 2.05) is 73.0 Å². The molecule has 0 atom stereocenters. The Kier molecular flexibility index (Phi) is 4.36. The molecular weight excluding hydrogens is 338 g/mol. The zero-order valence-electron chi connectivity index (χ0n) is 15.5. The number of pyridine rings is 1. The van der Waals surface area contributed by atoms with Crippen molar-refractivity contribution < 1.29 is 0 Å². The zero-order chi connectivity index (χ0) is 19.0. The molecule has 0 fully saturated rings. The van der Waals surface area contributed by atoms with E-state index in [1.54, 1.807) is 0 Å². The molecule has 2 heterocycles. The van der Waals surface area contributed by atoms with Gasteiger partial charge in [-0.1, -0.05) is 43.7 Å². The first-order valence-corrected chi connectivity index (χ1v) is 9.22. The first-order valence-electron chi connectivity index (χ1n) is 9.22. The Morgan fingerprint density at radius 2 is 1.81 bits per heavy atom. The minimum atomic E-state index is -0.488. The van der Waals surface area contributed by atoms with Crippen LogP contribution in [0.4, 0.5) is 0 Å². The Bertz CT molecular complexity index is 1220. The second kappa shape index (κ2) is 6.83. The van der Waals surface area contributed by atoms with Gasteiger partial charge in [0.15, 0.2) is 5.82 Å². The topological polar surface area (TPSA) is 56.9 Å². The number of aryl methyl sites for hydroxylation is 1. The van der Waals surface area contributed by atoms with Gasteiger partial charge in [-0.15, -0.1) is 0 Å². The van der Waals surface area contributed by atoms with E-state index in [4.69, 9.17) is 0 Å². The molecule has 0 spiro atoms. The van der Waals surface area contributed by atoms with Gasteiger partial charge in [0, 0.05) is 12.2 Å². The lowest BCUT2D eigenvalue weighted by molar-refractivity contribution is 0.582. The molecule has 0 unspecified atom stereocenters. The van der Waals surface area contributed by atoms with E-state index in [1.165, 1.54) is 4.57 Å². The monoisotopic (exact) mass is 359 g/mol. The van der Waals surface area contributed by atoms with Crippen LogP contribution < -0.4 is 11.2 Å². The highest BCUT2D eigenvalue weighted by Gasteiger charge is 2.20. The van der Waals surface area contributed by atoms with Gasteiger partial charge in [-0.25, -0.2) is 4.79 Å². The van der Waals surface area contributed by atoms with Gasteiger partial charge in [-0.05, 0) is 48.6 Å². The fourth-order valence-electron chi connectivity index (χ4n) is 3.46. The third kappa shape index (κ3) is 2.95. The van der Waals surface area contributed by atoms with Crippen molar-refractivity contribution in [1.29, 1.82) is 0 Å². The van der Waals surface area contributed by atoms with Crippen molar-refractivity contribution >= 4 is 10.9 Å². The predicted molar refractivity (Wildman–Crippen MR) is 108 cm³/mol. The Hall–Kier alpha value is -3.21. The SMILES string of the molecule is CCCCn1c(=O)nc2n(-c3cccc(C)c3)c3ccccc3cc-2c1=O. The van der Waals surface area contributed by atoms with Gasteiger partial charge < -0.3 is 0 Å². The van der Waals surface area contributed by atoms with Gasteiger partial charge in [-0.3, -0.25) is 13.9 Å². The second-order valence-electron chi connectivity index (χ2n) is 6.82. The number of nitrogens with zero attached hydrogens (tertiary/aromatic N) is 3. The lowest BCUT2D eigenvalue weighted by Crippen LogP contribution is -2.38. The van der Waals surface area contributed by atoms with Crippen LogP contribution in [-0.4, -0.2) is 14.1 Å². The van der Waals surface area contributed by atoms with Gasteiger partial charge >= 0.3 is 5.69 Å². The van der Waals surface area contributed by atoms with Crippen molar-refractivity contribution in [2.75, 3.05) is 0 Å². The van der Waals surface area contributed by atoms with Gasteiger partial charge in [-0.2, -0.15) is 4.98 Å². The Labute approximate surface area is 156 Å². The standard InChI is InChI=1S/C22H21N3O2/c1-3-4-12-24-21(26)18-14-16-9-5-6-11-19(16)25(20(18)23-22(24)27)17-10-7-8-15(2)13-17/h5-11,13-14H,3-4,12H2,1-2H3. The average Bonchev–Trinajstić information content (AvgIpc) is 2.66. The number of rotatable bonds is 4. The maximum Gasteiger partial charge on any atom is 0.352 e. The number of benzene rings is 2. The summed E-state index contributed by atoms with van der Waals surface area (Å²) in [6, 6.07) is 17.7. The zero-order valence-corrected chi connectivity index (χ0v) is 15.5. The minimum absolute atomic E-state index is 0.273. The molecule has 4 rings (SSSR count). The molecule has 5 nitrogen and oxygen atoms in total. The highest BCUT2D eigenvalue weighted by Crippen LogP contribution is 2.27. The van der Waals surface area contributed by atoms with E-state index >= 15 is 0 Å². The molecule has 2 aromatic carbocycles. The van der Waals surface area contributed by atoms with Crippen LogP contribution in [0.1, 0.15) is 25.3 Å². The van der Waals surface area contributed by atoms with E-state index < -0.39 is 5.69 Å².